The standard InChI is InChI=1S/C22H23F3N2O3/c1-16-7-9-17(10-8-16)30-15-20(28)26-11-4-12-27(14-13-26)21(29)18-5-2-3-6-19(18)22(23,24)25/h2-3,5-10H,4,11-15H2,1H3. The molecule has 0 N–H and O–H groups in total. The molecule has 0 aliphatic carbocycles. The second-order valence-corrected chi connectivity index (χ2v) is 7.17. The highest BCUT2D eigenvalue weighted by atomic mass is 19.4. The maximum Gasteiger partial charge on any atom is 0.417 e. The Balaban J connectivity index is 1.60. The fraction of sp³-hybridized carbons (Fsp3) is 0.364. The van der Waals surface area contributed by atoms with Crippen LogP contribution in [0.25, 0.3) is 0 Å². The van der Waals surface area contributed by atoms with Crippen LogP contribution in [-0.4, -0.2) is 54.4 Å². The van der Waals surface area contributed by atoms with Crippen LogP contribution in [0.1, 0.15) is 27.9 Å². The van der Waals surface area contributed by atoms with Crippen molar-refractivity contribution in [1.29, 1.82) is 0 Å². The van der Waals surface area contributed by atoms with Gasteiger partial charge in [-0.2, -0.15) is 13.2 Å². The van der Waals surface area contributed by atoms with Crippen molar-refractivity contribution in [3.63, 3.8) is 0 Å². The summed E-state index contributed by atoms with van der Waals surface area (Å²) in [5.74, 6) is -0.307. The van der Waals surface area contributed by atoms with E-state index in [9.17, 15) is 22.8 Å². The van der Waals surface area contributed by atoms with Crippen molar-refractivity contribution >= 4 is 11.8 Å². The molecule has 0 radical (unpaired) electrons. The minimum Gasteiger partial charge on any atom is -0.484 e. The highest BCUT2D eigenvalue weighted by molar-refractivity contribution is 5.96. The Labute approximate surface area is 173 Å². The van der Waals surface area contributed by atoms with Crippen molar-refractivity contribution in [2.45, 2.75) is 19.5 Å². The molecule has 160 valence electrons. The van der Waals surface area contributed by atoms with Crippen molar-refractivity contribution in [3.05, 3.63) is 65.2 Å². The molecule has 0 spiro atoms. The van der Waals surface area contributed by atoms with Crippen LogP contribution < -0.4 is 4.74 Å². The molecule has 5 nitrogen and oxygen atoms in total. The zero-order valence-corrected chi connectivity index (χ0v) is 16.6. The van der Waals surface area contributed by atoms with E-state index in [-0.39, 0.29) is 37.7 Å². The van der Waals surface area contributed by atoms with Gasteiger partial charge in [-0.25, -0.2) is 0 Å². The van der Waals surface area contributed by atoms with Gasteiger partial charge >= 0.3 is 6.18 Å². The molecule has 1 heterocycles. The van der Waals surface area contributed by atoms with Gasteiger partial charge in [-0.15, -0.1) is 0 Å². The highest BCUT2D eigenvalue weighted by Gasteiger charge is 2.36. The van der Waals surface area contributed by atoms with Crippen LogP contribution in [0.15, 0.2) is 48.5 Å². The number of amides is 2. The molecule has 0 unspecified atom stereocenters. The summed E-state index contributed by atoms with van der Waals surface area (Å²) in [5, 5.41) is 0. The molecule has 1 saturated heterocycles. The lowest BCUT2D eigenvalue weighted by Gasteiger charge is -2.23. The maximum atomic E-state index is 13.2. The monoisotopic (exact) mass is 420 g/mol. The second-order valence-electron chi connectivity index (χ2n) is 7.17. The zero-order chi connectivity index (χ0) is 21.7. The minimum absolute atomic E-state index is 0.131. The molecule has 0 atom stereocenters. The fourth-order valence-corrected chi connectivity index (χ4v) is 3.33. The van der Waals surface area contributed by atoms with Crippen molar-refractivity contribution in [1.82, 2.24) is 9.80 Å². The molecule has 2 aromatic rings. The Morgan fingerprint density at radius 1 is 0.933 bits per heavy atom. The predicted octanol–water partition coefficient (Wildman–Crippen LogP) is 3.77. The number of rotatable bonds is 4. The molecule has 0 saturated carbocycles. The fourth-order valence-electron chi connectivity index (χ4n) is 3.33. The highest BCUT2D eigenvalue weighted by Crippen LogP contribution is 2.32. The summed E-state index contributed by atoms with van der Waals surface area (Å²) in [6, 6.07) is 12.1. The van der Waals surface area contributed by atoms with E-state index in [4.69, 9.17) is 4.74 Å². The molecule has 8 heteroatoms. The average molecular weight is 420 g/mol. The Hall–Kier alpha value is -3.03. The van der Waals surface area contributed by atoms with E-state index in [2.05, 4.69) is 0 Å². The number of carbonyl (C=O) groups is 2. The van der Waals surface area contributed by atoms with Crippen molar-refractivity contribution in [2.75, 3.05) is 32.8 Å². The Bertz CT molecular complexity index is 897. The number of benzene rings is 2. The average Bonchev–Trinajstić information content (AvgIpc) is 2.98. The molecule has 1 fully saturated rings. The molecule has 30 heavy (non-hydrogen) atoms. The summed E-state index contributed by atoms with van der Waals surface area (Å²) in [6.07, 6.45) is -4.12. The van der Waals surface area contributed by atoms with E-state index >= 15 is 0 Å². The molecule has 0 bridgehead atoms. The van der Waals surface area contributed by atoms with Crippen molar-refractivity contribution in [3.8, 4) is 5.75 Å². The minimum atomic E-state index is -4.60. The van der Waals surface area contributed by atoms with E-state index in [0.717, 1.165) is 11.6 Å². The number of ether oxygens (including phenoxy) is 1. The smallest absolute Gasteiger partial charge is 0.417 e. The van der Waals surface area contributed by atoms with Crippen LogP contribution >= 0.6 is 0 Å². The Morgan fingerprint density at radius 2 is 1.57 bits per heavy atom. The van der Waals surface area contributed by atoms with Crippen molar-refractivity contribution in [2.24, 2.45) is 0 Å². The first-order valence-corrected chi connectivity index (χ1v) is 9.68. The molecule has 2 aromatic carbocycles. The van der Waals surface area contributed by atoms with Gasteiger partial charge in [-0.3, -0.25) is 9.59 Å². The van der Waals surface area contributed by atoms with E-state index in [1.54, 1.807) is 17.0 Å². The normalized spacial score (nSPS) is 14.9. The summed E-state index contributed by atoms with van der Waals surface area (Å²) in [6.45, 7) is 2.94. The zero-order valence-electron chi connectivity index (χ0n) is 16.6. The van der Waals surface area contributed by atoms with E-state index in [1.165, 1.54) is 23.1 Å². The van der Waals surface area contributed by atoms with E-state index < -0.39 is 17.6 Å². The SMILES string of the molecule is Cc1ccc(OCC(=O)N2CCCN(C(=O)c3ccccc3C(F)(F)F)CC2)cc1. The maximum absolute atomic E-state index is 13.2. The lowest BCUT2D eigenvalue weighted by atomic mass is 10.1. The quantitative estimate of drug-likeness (QED) is 0.757. The molecule has 1 aliphatic heterocycles. The number of carbonyl (C=O) groups excluding carboxylic acids is 2. The van der Waals surface area contributed by atoms with Crippen molar-refractivity contribution < 1.29 is 27.5 Å². The topological polar surface area (TPSA) is 49.9 Å². The van der Waals surface area contributed by atoms with E-state index in [0.29, 0.717) is 18.7 Å². The van der Waals surface area contributed by atoms with Gasteiger partial charge in [0.1, 0.15) is 5.75 Å². The first-order chi connectivity index (χ1) is 14.3. The van der Waals surface area contributed by atoms with Crippen LogP contribution in [0.2, 0.25) is 0 Å². The summed E-state index contributed by atoms with van der Waals surface area (Å²) < 4.78 is 45.2. The third-order valence-electron chi connectivity index (χ3n) is 4.98. The first kappa shape index (κ1) is 21.7. The number of alkyl halides is 3. The number of hydrogen-bond donors (Lipinski definition) is 0. The number of aryl methyl sites for hydroxylation is 1. The second kappa shape index (κ2) is 9.19. The summed E-state index contributed by atoms with van der Waals surface area (Å²) in [4.78, 5) is 28.2. The number of halogens is 3. The van der Waals surface area contributed by atoms with Crippen LogP contribution in [0.4, 0.5) is 13.2 Å². The molecule has 1 aliphatic rings. The van der Waals surface area contributed by atoms with Gasteiger partial charge in [0.05, 0.1) is 11.1 Å². The summed E-state index contributed by atoms with van der Waals surface area (Å²) in [7, 11) is 0. The molecule has 3 rings (SSSR count). The lowest BCUT2D eigenvalue weighted by Crippen LogP contribution is -2.39. The first-order valence-electron chi connectivity index (χ1n) is 9.68. The van der Waals surface area contributed by atoms with Crippen LogP contribution in [0.3, 0.4) is 0 Å². The molecule has 2 amide bonds. The Morgan fingerprint density at radius 3 is 2.27 bits per heavy atom. The van der Waals surface area contributed by atoms with Crippen LogP contribution in [-0.2, 0) is 11.0 Å². The van der Waals surface area contributed by atoms with Gasteiger partial charge in [0, 0.05) is 26.2 Å². The van der Waals surface area contributed by atoms with Gasteiger partial charge in [0.25, 0.3) is 11.8 Å². The number of nitrogens with zero attached hydrogens (tertiary/aromatic N) is 2. The molecule has 0 aromatic heterocycles. The predicted molar refractivity (Wildman–Crippen MR) is 105 cm³/mol. The van der Waals surface area contributed by atoms with Crippen LogP contribution in [0.5, 0.6) is 5.75 Å². The van der Waals surface area contributed by atoms with Gasteiger partial charge in [0.2, 0.25) is 0 Å². The third-order valence-corrected chi connectivity index (χ3v) is 4.98. The third kappa shape index (κ3) is 5.31. The summed E-state index contributed by atoms with van der Waals surface area (Å²) >= 11 is 0. The Kier molecular flexibility index (Phi) is 6.64. The van der Waals surface area contributed by atoms with Gasteiger partial charge in [0.15, 0.2) is 6.61 Å². The van der Waals surface area contributed by atoms with Crippen LogP contribution in [0, 0.1) is 6.92 Å². The lowest BCUT2D eigenvalue weighted by molar-refractivity contribution is -0.138. The van der Waals surface area contributed by atoms with Gasteiger partial charge < -0.3 is 14.5 Å². The van der Waals surface area contributed by atoms with Gasteiger partial charge in [-0.1, -0.05) is 29.8 Å². The van der Waals surface area contributed by atoms with Gasteiger partial charge in [-0.05, 0) is 37.6 Å². The molecular weight excluding hydrogens is 397 g/mol. The van der Waals surface area contributed by atoms with E-state index in [1.807, 2.05) is 19.1 Å². The molecular formula is C22H23F3N2O3. The number of hydrogen-bond acceptors (Lipinski definition) is 3. The summed E-state index contributed by atoms with van der Waals surface area (Å²) in [5.41, 5.74) is -0.232. The largest absolute Gasteiger partial charge is 0.484 e.